The fourth-order valence-electron chi connectivity index (χ4n) is 4.03. The monoisotopic (exact) mass is 485 g/mol. The van der Waals surface area contributed by atoms with E-state index in [-0.39, 0.29) is 23.3 Å². The molecule has 1 aliphatic rings. The number of nitrogens with one attached hydrogen (secondary N) is 1. The number of fused-ring (bicyclic) bond motifs is 1. The number of anilines is 1. The van der Waals surface area contributed by atoms with Gasteiger partial charge in [0, 0.05) is 24.2 Å². The third kappa shape index (κ3) is 5.45. The van der Waals surface area contributed by atoms with Gasteiger partial charge in [-0.2, -0.15) is 10.2 Å². The Labute approximate surface area is 198 Å². The number of aromatic nitrogens is 3. The molecule has 0 aliphatic carbocycles. The largest absolute Gasteiger partial charge is 0.302 e. The summed E-state index contributed by atoms with van der Waals surface area (Å²) in [4.78, 5) is 21.1. The zero-order chi connectivity index (χ0) is 23.8. The molecule has 1 amide bonds. The lowest BCUT2D eigenvalue weighted by Gasteiger charge is -2.27. The lowest BCUT2D eigenvalue weighted by molar-refractivity contribution is -0.115. The molecule has 3 aromatic rings. The summed E-state index contributed by atoms with van der Waals surface area (Å²) >= 11 is 1.50. The van der Waals surface area contributed by atoms with Crippen molar-refractivity contribution >= 4 is 32.2 Å². The van der Waals surface area contributed by atoms with E-state index in [1.54, 1.807) is 12.1 Å². The van der Waals surface area contributed by atoms with E-state index in [1.165, 1.54) is 23.5 Å². The first-order valence-electron chi connectivity index (χ1n) is 10.7. The van der Waals surface area contributed by atoms with E-state index < -0.39 is 9.84 Å². The molecule has 0 saturated heterocycles. The lowest BCUT2D eigenvalue weighted by atomic mass is 10.0. The van der Waals surface area contributed by atoms with Gasteiger partial charge in [-0.25, -0.2) is 13.4 Å². The van der Waals surface area contributed by atoms with Crippen molar-refractivity contribution in [3.8, 4) is 0 Å². The van der Waals surface area contributed by atoms with Gasteiger partial charge in [-0.1, -0.05) is 26.0 Å². The summed E-state index contributed by atoms with van der Waals surface area (Å²) in [6.45, 7) is 7.72. The van der Waals surface area contributed by atoms with Gasteiger partial charge in [0.05, 0.1) is 34.4 Å². The van der Waals surface area contributed by atoms with Crippen molar-refractivity contribution in [2.24, 2.45) is 5.92 Å². The molecule has 1 atom stereocenters. The minimum Gasteiger partial charge on any atom is -0.302 e. The minimum absolute atomic E-state index is 0.147. The number of thiazole rings is 1. The maximum atomic E-state index is 12.6. The zero-order valence-electron chi connectivity index (χ0n) is 19.1. The molecule has 0 bridgehead atoms. The maximum absolute atomic E-state index is 12.6. The fourth-order valence-corrected chi connectivity index (χ4v) is 5.71. The summed E-state index contributed by atoms with van der Waals surface area (Å²) in [6, 6.07) is 10.5. The quantitative estimate of drug-likeness (QED) is 0.546. The minimum atomic E-state index is -3.25. The molecule has 3 heterocycles. The Kier molecular flexibility index (Phi) is 6.60. The average molecular weight is 486 g/mol. The van der Waals surface area contributed by atoms with Gasteiger partial charge in [-0.3, -0.25) is 9.69 Å². The molecule has 174 valence electrons. The molecule has 1 aliphatic heterocycles. The van der Waals surface area contributed by atoms with Crippen LogP contribution in [0, 0.1) is 12.8 Å². The summed E-state index contributed by atoms with van der Waals surface area (Å²) in [5.41, 5.74) is 3.59. The molecule has 1 N–H and O–H groups in total. The Bertz CT molecular complexity index is 1250. The van der Waals surface area contributed by atoms with Crippen molar-refractivity contribution in [2.45, 2.75) is 51.2 Å². The van der Waals surface area contributed by atoms with Crippen LogP contribution in [0.25, 0.3) is 0 Å². The standard InChI is InChI=1S/C23H27N5O3S2/c1-14(2)22-21-19(13-28(22)12-17-8-5-15(3)26-27-17)32-23(25-21)24-20(29)11-16-6-9-18(10-7-16)33(4,30)31/h5-10,14,22H,11-13H2,1-4H3,(H,24,25,29). The van der Waals surface area contributed by atoms with Crippen LogP contribution in [0.1, 0.15) is 47.4 Å². The van der Waals surface area contributed by atoms with Gasteiger partial charge in [0.15, 0.2) is 15.0 Å². The zero-order valence-corrected chi connectivity index (χ0v) is 20.7. The lowest BCUT2D eigenvalue weighted by Crippen LogP contribution is -2.26. The van der Waals surface area contributed by atoms with Crippen LogP contribution in [0.4, 0.5) is 5.13 Å². The highest BCUT2D eigenvalue weighted by molar-refractivity contribution is 7.90. The van der Waals surface area contributed by atoms with E-state index in [4.69, 9.17) is 4.98 Å². The molecular formula is C23H27N5O3S2. The molecule has 4 rings (SSSR count). The molecule has 1 aromatic carbocycles. The Morgan fingerprint density at radius 1 is 1.18 bits per heavy atom. The van der Waals surface area contributed by atoms with Crippen LogP contribution in [0.15, 0.2) is 41.3 Å². The van der Waals surface area contributed by atoms with Gasteiger partial charge in [0.1, 0.15) is 0 Å². The molecule has 1 unspecified atom stereocenters. The van der Waals surface area contributed by atoms with E-state index in [2.05, 4.69) is 34.3 Å². The van der Waals surface area contributed by atoms with Gasteiger partial charge in [0.25, 0.3) is 0 Å². The molecule has 8 nitrogen and oxygen atoms in total. The highest BCUT2D eigenvalue weighted by Gasteiger charge is 2.36. The van der Waals surface area contributed by atoms with Crippen molar-refractivity contribution in [3.05, 3.63) is 63.9 Å². The van der Waals surface area contributed by atoms with Crippen molar-refractivity contribution in [2.75, 3.05) is 11.6 Å². The Morgan fingerprint density at radius 2 is 1.91 bits per heavy atom. The van der Waals surface area contributed by atoms with E-state index in [0.717, 1.165) is 40.3 Å². The highest BCUT2D eigenvalue weighted by atomic mass is 32.2. The number of hydrogen-bond donors (Lipinski definition) is 1. The summed E-state index contributed by atoms with van der Waals surface area (Å²) < 4.78 is 23.2. The van der Waals surface area contributed by atoms with Crippen LogP contribution in [-0.4, -0.2) is 40.7 Å². The third-order valence-corrected chi connectivity index (χ3v) is 7.66. The second kappa shape index (κ2) is 9.28. The van der Waals surface area contributed by atoms with Gasteiger partial charge in [-0.15, -0.1) is 11.3 Å². The first-order valence-corrected chi connectivity index (χ1v) is 13.4. The van der Waals surface area contributed by atoms with Gasteiger partial charge in [0.2, 0.25) is 5.91 Å². The number of rotatable bonds is 7. The first-order chi connectivity index (χ1) is 15.6. The molecule has 33 heavy (non-hydrogen) atoms. The van der Waals surface area contributed by atoms with Crippen molar-refractivity contribution in [1.29, 1.82) is 0 Å². The predicted molar refractivity (Wildman–Crippen MR) is 128 cm³/mol. The van der Waals surface area contributed by atoms with Crippen molar-refractivity contribution < 1.29 is 13.2 Å². The molecule has 2 aromatic heterocycles. The highest BCUT2D eigenvalue weighted by Crippen LogP contribution is 2.42. The smallest absolute Gasteiger partial charge is 0.230 e. The Balaban J connectivity index is 1.42. The molecule has 0 fully saturated rings. The third-order valence-electron chi connectivity index (χ3n) is 5.56. The molecule has 10 heteroatoms. The fraction of sp³-hybridized carbons (Fsp3) is 0.391. The van der Waals surface area contributed by atoms with Crippen LogP contribution in [-0.2, 0) is 34.1 Å². The molecular weight excluding hydrogens is 458 g/mol. The van der Waals surface area contributed by atoms with E-state index >= 15 is 0 Å². The van der Waals surface area contributed by atoms with Crippen LogP contribution >= 0.6 is 11.3 Å². The number of amides is 1. The number of nitrogens with zero attached hydrogens (tertiary/aromatic N) is 4. The van der Waals surface area contributed by atoms with Crippen LogP contribution in [0.3, 0.4) is 0 Å². The first kappa shape index (κ1) is 23.5. The van der Waals surface area contributed by atoms with Crippen molar-refractivity contribution in [3.63, 3.8) is 0 Å². The van der Waals surface area contributed by atoms with Crippen molar-refractivity contribution in [1.82, 2.24) is 20.1 Å². The van der Waals surface area contributed by atoms with Crippen LogP contribution < -0.4 is 5.32 Å². The predicted octanol–water partition coefficient (Wildman–Crippen LogP) is 3.54. The molecule has 0 spiro atoms. The number of carbonyl (C=O) groups is 1. The van der Waals surface area contributed by atoms with Gasteiger partial charge in [-0.05, 0) is 42.7 Å². The number of hydrogen-bond acceptors (Lipinski definition) is 8. The molecule has 0 radical (unpaired) electrons. The summed E-state index contributed by atoms with van der Waals surface area (Å²) in [5, 5.41) is 12.0. The summed E-state index contributed by atoms with van der Waals surface area (Å²) in [5.74, 6) is 0.172. The summed E-state index contributed by atoms with van der Waals surface area (Å²) in [6.07, 6.45) is 1.32. The Morgan fingerprint density at radius 3 is 2.52 bits per heavy atom. The second-order valence-electron chi connectivity index (χ2n) is 8.73. The SMILES string of the molecule is Cc1ccc(CN2Cc3sc(NC(=O)Cc4ccc(S(C)(=O)=O)cc4)nc3C2C(C)C)nn1. The van der Waals surface area contributed by atoms with Gasteiger partial charge < -0.3 is 5.32 Å². The van der Waals surface area contributed by atoms with E-state index in [9.17, 15) is 13.2 Å². The number of benzene rings is 1. The van der Waals surface area contributed by atoms with E-state index in [1.807, 2.05) is 19.1 Å². The van der Waals surface area contributed by atoms with Gasteiger partial charge >= 0.3 is 0 Å². The summed E-state index contributed by atoms with van der Waals surface area (Å²) in [7, 11) is -3.25. The van der Waals surface area contributed by atoms with E-state index in [0.29, 0.717) is 17.6 Å². The van der Waals surface area contributed by atoms with Crippen LogP contribution in [0.2, 0.25) is 0 Å². The normalized spacial score (nSPS) is 16.2. The average Bonchev–Trinajstić information content (AvgIpc) is 3.25. The number of aryl methyl sites for hydroxylation is 1. The topological polar surface area (TPSA) is 105 Å². The second-order valence-corrected chi connectivity index (χ2v) is 11.8. The Hall–Kier alpha value is -2.69. The number of sulfone groups is 1. The molecule has 0 saturated carbocycles. The number of carbonyl (C=O) groups excluding carboxylic acids is 1. The van der Waals surface area contributed by atoms with Crippen LogP contribution in [0.5, 0.6) is 0 Å². The maximum Gasteiger partial charge on any atom is 0.230 e.